The molecule has 1 aromatic carbocycles. The van der Waals surface area contributed by atoms with Gasteiger partial charge in [-0.2, -0.15) is 0 Å². The van der Waals surface area contributed by atoms with E-state index in [0.29, 0.717) is 31.0 Å². The largest absolute Gasteiger partial charge is 0.229 e. The van der Waals surface area contributed by atoms with E-state index in [1.165, 1.54) is 0 Å². The summed E-state index contributed by atoms with van der Waals surface area (Å²) in [5, 5.41) is 0. The molecule has 0 N–H and O–H groups in total. The maximum absolute atomic E-state index is 11.9. The number of hydrogen-bond donors (Lipinski definition) is 0. The molecule has 1 aromatic rings. The standard InChI is InChI=1S/C15H22Cl2O2S/c1-2-9-20(18,19)10-8-15(12-16,13-17)11-14-6-4-3-5-7-14/h3-7H,2,8-13H2,1H3. The van der Waals surface area contributed by atoms with Gasteiger partial charge in [0.1, 0.15) is 9.84 Å². The van der Waals surface area contributed by atoms with E-state index in [0.717, 1.165) is 5.56 Å². The Labute approximate surface area is 132 Å². The Bertz CT molecular complexity index is 482. The van der Waals surface area contributed by atoms with Gasteiger partial charge in [0.2, 0.25) is 0 Å². The van der Waals surface area contributed by atoms with Crippen molar-refractivity contribution in [2.75, 3.05) is 23.3 Å². The summed E-state index contributed by atoms with van der Waals surface area (Å²) in [4.78, 5) is 0. The minimum atomic E-state index is -2.99. The molecule has 0 aliphatic heterocycles. The number of sulfone groups is 1. The Hall–Kier alpha value is -0.250. The summed E-state index contributed by atoms with van der Waals surface area (Å²) < 4.78 is 23.8. The third kappa shape index (κ3) is 5.63. The van der Waals surface area contributed by atoms with Gasteiger partial charge in [-0.1, -0.05) is 37.3 Å². The number of rotatable bonds is 9. The van der Waals surface area contributed by atoms with Crippen LogP contribution in [0.4, 0.5) is 0 Å². The summed E-state index contributed by atoms with van der Waals surface area (Å²) in [5.41, 5.74) is 0.785. The van der Waals surface area contributed by atoms with Crippen LogP contribution in [-0.4, -0.2) is 31.7 Å². The lowest BCUT2D eigenvalue weighted by Gasteiger charge is -2.29. The van der Waals surface area contributed by atoms with Crippen LogP contribution in [0.2, 0.25) is 0 Å². The minimum Gasteiger partial charge on any atom is -0.229 e. The zero-order valence-corrected chi connectivity index (χ0v) is 14.1. The first kappa shape index (κ1) is 17.8. The molecule has 0 spiro atoms. The second-order valence-corrected chi connectivity index (χ2v) is 8.17. The van der Waals surface area contributed by atoms with Crippen molar-refractivity contribution in [1.29, 1.82) is 0 Å². The van der Waals surface area contributed by atoms with Crippen molar-refractivity contribution >= 4 is 33.0 Å². The zero-order chi connectivity index (χ0) is 15.1. The van der Waals surface area contributed by atoms with Gasteiger partial charge >= 0.3 is 0 Å². The highest BCUT2D eigenvalue weighted by atomic mass is 35.5. The van der Waals surface area contributed by atoms with Crippen molar-refractivity contribution in [3.05, 3.63) is 35.9 Å². The Kier molecular flexibility index (Phi) is 7.35. The molecule has 0 aliphatic carbocycles. The van der Waals surface area contributed by atoms with E-state index in [-0.39, 0.29) is 16.9 Å². The smallest absolute Gasteiger partial charge is 0.150 e. The van der Waals surface area contributed by atoms with Crippen molar-refractivity contribution in [2.24, 2.45) is 5.41 Å². The number of halogens is 2. The van der Waals surface area contributed by atoms with Crippen LogP contribution in [0.15, 0.2) is 30.3 Å². The van der Waals surface area contributed by atoms with Crippen molar-refractivity contribution in [3.8, 4) is 0 Å². The molecule has 114 valence electrons. The van der Waals surface area contributed by atoms with E-state index in [2.05, 4.69) is 0 Å². The summed E-state index contributed by atoms with van der Waals surface area (Å²) in [6, 6.07) is 9.94. The Morgan fingerprint density at radius 2 is 1.65 bits per heavy atom. The number of hydrogen-bond acceptors (Lipinski definition) is 2. The topological polar surface area (TPSA) is 34.1 Å². The van der Waals surface area contributed by atoms with Crippen LogP contribution in [0.3, 0.4) is 0 Å². The van der Waals surface area contributed by atoms with Crippen molar-refractivity contribution < 1.29 is 8.42 Å². The molecule has 0 heterocycles. The fraction of sp³-hybridized carbons (Fsp3) is 0.600. The van der Waals surface area contributed by atoms with Gasteiger partial charge < -0.3 is 0 Å². The van der Waals surface area contributed by atoms with Gasteiger partial charge in [0.25, 0.3) is 0 Å². The molecular weight excluding hydrogens is 315 g/mol. The normalized spacial score (nSPS) is 12.6. The fourth-order valence-electron chi connectivity index (χ4n) is 2.17. The molecule has 0 aliphatic rings. The third-order valence-electron chi connectivity index (χ3n) is 3.45. The molecule has 0 saturated heterocycles. The summed E-state index contributed by atoms with van der Waals surface area (Å²) >= 11 is 12.2. The second-order valence-electron chi connectivity index (χ2n) is 5.33. The van der Waals surface area contributed by atoms with Gasteiger partial charge in [-0.25, -0.2) is 8.42 Å². The second kappa shape index (κ2) is 8.26. The Morgan fingerprint density at radius 3 is 2.15 bits per heavy atom. The van der Waals surface area contributed by atoms with Crippen LogP contribution in [0, 0.1) is 5.41 Å². The summed E-state index contributed by atoms with van der Waals surface area (Å²) in [7, 11) is -2.99. The van der Waals surface area contributed by atoms with E-state index < -0.39 is 9.84 Å². The van der Waals surface area contributed by atoms with Crippen LogP contribution in [0.5, 0.6) is 0 Å². The lowest BCUT2D eigenvalue weighted by molar-refractivity contribution is 0.362. The minimum absolute atomic E-state index is 0.160. The first-order valence-electron chi connectivity index (χ1n) is 6.83. The van der Waals surface area contributed by atoms with Crippen molar-refractivity contribution in [1.82, 2.24) is 0 Å². The maximum Gasteiger partial charge on any atom is 0.150 e. The SMILES string of the molecule is CCCS(=O)(=O)CCC(CCl)(CCl)Cc1ccccc1. The van der Waals surface area contributed by atoms with Gasteiger partial charge in [0, 0.05) is 22.9 Å². The molecule has 0 amide bonds. The average molecular weight is 337 g/mol. The van der Waals surface area contributed by atoms with Gasteiger partial charge in [-0.3, -0.25) is 0 Å². The first-order chi connectivity index (χ1) is 9.47. The van der Waals surface area contributed by atoms with Crippen LogP contribution >= 0.6 is 23.2 Å². The fourth-order valence-corrected chi connectivity index (χ4v) is 4.48. The highest BCUT2D eigenvalue weighted by Gasteiger charge is 2.30. The van der Waals surface area contributed by atoms with Crippen LogP contribution in [-0.2, 0) is 16.3 Å². The van der Waals surface area contributed by atoms with Gasteiger partial charge in [0.05, 0.1) is 5.75 Å². The highest BCUT2D eigenvalue weighted by Crippen LogP contribution is 2.31. The molecule has 20 heavy (non-hydrogen) atoms. The molecule has 2 nitrogen and oxygen atoms in total. The Morgan fingerprint density at radius 1 is 1.05 bits per heavy atom. The zero-order valence-electron chi connectivity index (χ0n) is 11.8. The molecule has 5 heteroatoms. The molecule has 0 radical (unpaired) electrons. The lowest BCUT2D eigenvalue weighted by Crippen LogP contribution is -2.31. The van der Waals surface area contributed by atoms with Crippen LogP contribution < -0.4 is 0 Å². The van der Waals surface area contributed by atoms with E-state index in [4.69, 9.17) is 23.2 Å². The van der Waals surface area contributed by atoms with Crippen molar-refractivity contribution in [2.45, 2.75) is 26.2 Å². The molecule has 0 unspecified atom stereocenters. The lowest BCUT2D eigenvalue weighted by atomic mass is 9.83. The van der Waals surface area contributed by atoms with Crippen LogP contribution in [0.25, 0.3) is 0 Å². The molecular formula is C15H22Cl2O2S. The first-order valence-corrected chi connectivity index (χ1v) is 9.72. The maximum atomic E-state index is 11.9. The van der Waals surface area contributed by atoms with Gasteiger partial charge in [0.15, 0.2) is 0 Å². The third-order valence-corrected chi connectivity index (χ3v) is 6.44. The summed E-state index contributed by atoms with van der Waals surface area (Å²) in [6.45, 7) is 1.87. The average Bonchev–Trinajstić information content (AvgIpc) is 2.45. The monoisotopic (exact) mass is 336 g/mol. The quantitative estimate of drug-likeness (QED) is 0.640. The van der Waals surface area contributed by atoms with Crippen LogP contribution in [0.1, 0.15) is 25.3 Å². The van der Waals surface area contributed by atoms with Gasteiger partial charge in [-0.15, -0.1) is 23.2 Å². The highest BCUT2D eigenvalue weighted by molar-refractivity contribution is 7.91. The molecule has 0 saturated carbocycles. The molecule has 0 bridgehead atoms. The predicted octanol–water partition coefficient (Wildman–Crippen LogP) is 3.91. The predicted molar refractivity (Wildman–Crippen MR) is 87.6 cm³/mol. The van der Waals surface area contributed by atoms with E-state index in [9.17, 15) is 8.42 Å². The Balaban J connectivity index is 2.77. The molecule has 0 fully saturated rings. The summed E-state index contributed by atoms with van der Waals surface area (Å²) in [5.74, 6) is 1.13. The number of alkyl halides is 2. The van der Waals surface area contributed by atoms with Gasteiger partial charge in [-0.05, 0) is 24.8 Å². The van der Waals surface area contributed by atoms with E-state index in [1.54, 1.807) is 0 Å². The molecule has 0 aromatic heterocycles. The van der Waals surface area contributed by atoms with E-state index >= 15 is 0 Å². The molecule has 0 atom stereocenters. The number of benzene rings is 1. The van der Waals surface area contributed by atoms with Crippen molar-refractivity contribution in [3.63, 3.8) is 0 Å². The van der Waals surface area contributed by atoms with E-state index in [1.807, 2.05) is 37.3 Å². The summed E-state index contributed by atoms with van der Waals surface area (Å²) in [6.07, 6.45) is 1.87. The molecule has 1 rings (SSSR count).